The van der Waals surface area contributed by atoms with Crippen LogP contribution in [0.15, 0.2) is 24.3 Å². The third kappa shape index (κ3) is 2.47. The molecule has 114 valence electrons. The maximum absolute atomic E-state index is 12.9. The highest BCUT2D eigenvalue weighted by molar-refractivity contribution is 5.83. The monoisotopic (exact) mass is 288 g/mol. The highest BCUT2D eigenvalue weighted by atomic mass is 16.5. The summed E-state index contributed by atoms with van der Waals surface area (Å²) in [5.74, 6) is -0.0703. The zero-order valence-electron chi connectivity index (χ0n) is 12.7. The molecule has 0 spiro atoms. The van der Waals surface area contributed by atoms with Crippen molar-refractivity contribution in [1.29, 1.82) is 0 Å². The first-order valence-corrected chi connectivity index (χ1v) is 8.00. The first-order chi connectivity index (χ1) is 10.3. The van der Waals surface area contributed by atoms with E-state index in [1.165, 1.54) is 5.56 Å². The number of hydrogen-bond acceptors (Lipinski definition) is 4. The number of esters is 1. The maximum Gasteiger partial charge on any atom is 0.331 e. The number of carbonyl (C=O) groups is 1. The molecule has 1 N–H and O–H groups in total. The second-order valence-electron chi connectivity index (χ2n) is 5.83. The van der Waals surface area contributed by atoms with E-state index in [0.29, 0.717) is 6.61 Å². The van der Waals surface area contributed by atoms with Gasteiger partial charge in [-0.15, -0.1) is 0 Å². The Morgan fingerprint density at radius 3 is 2.86 bits per heavy atom. The van der Waals surface area contributed by atoms with Crippen molar-refractivity contribution in [2.75, 3.05) is 32.8 Å². The molecular formula is C17H24N2O2. The van der Waals surface area contributed by atoms with E-state index in [-0.39, 0.29) is 5.97 Å². The average molecular weight is 288 g/mol. The van der Waals surface area contributed by atoms with Gasteiger partial charge in [0, 0.05) is 26.2 Å². The fraction of sp³-hybridized carbons (Fsp3) is 0.588. The van der Waals surface area contributed by atoms with Crippen LogP contribution >= 0.6 is 0 Å². The summed E-state index contributed by atoms with van der Waals surface area (Å²) in [6.45, 7) is 5.99. The standard InChI is InChI=1S/C17H24N2O2/c1-2-21-16(20)17(19-12-10-18-11-13-19)9-5-7-14-6-3-4-8-15(14)17/h3-4,6,8,18H,2,5,7,9-13H2,1H3. The SMILES string of the molecule is CCOC(=O)C1(N2CCNCC2)CCCc2ccccc21. The molecule has 0 radical (unpaired) electrons. The Kier molecular flexibility index (Phi) is 4.27. The van der Waals surface area contributed by atoms with Crippen molar-refractivity contribution in [2.45, 2.75) is 31.7 Å². The van der Waals surface area contributed by atoms with Crippen molar-refractivity contribution < 1.29 is 9.53 Å². The van der Waals surface area contributed by atoms with Gasteiger partial charge in [0.2, 0.25) is 0 Å². The van der Waals surface area contributed by atoms with Crippen molar-refractivity contribution >= 4 is 5.97 Å². The average Bonchev–Trinajstić information content (AvgIpc) is 2.55. The predicted molar refractivity (Wildman–Crippen MR) is 82.1 cm³/mol. The van der Waals surface area contributed by atoms with Crippen LogP contribution in [0, 0.1) is 0 Å². The molecule has 1 atom stereocenters. The van der Waals surface area contributed by atoms with Gasteiger partial charge in [0.1, 0.15) is 5.54 Å². The molecule has 4 nitrogen and oxygen atoms in total. The van der Waals surface area contributed by atoms with Gasteiger partial charge in [0.25, 0.3) is 0 Å². The van der Waals surface area contributed by atoms with Gasteiger partial charge in [-0.1, -0.05) is 24.3 Å². The largest absolute Gasteiger partial charge is 0.464 e. The van der Waals surface area contributed by atoms with E-state index in [1.807, 2.05) is 13.0 Å². The van der Waals surface area contributed by atoms with Gasteiger partial charge in [-0.05, 0) is 37.3 Å². The molecule has 0 saturated carbocycles. The lowest BCUT2D eigenvalue weighted by Crippen LogP contribution is -2.59. The molecule has 0 aromatic heterocycles. The van der Waals surface area contributed by atoms with Crippen LogP contribution in [-0.2, 0) is 21.5 Å². The first kappa shape index (κ1) is 14.5. The van der Waals surface area contributed by atoms with Crippen LogP contribution in [0.25, 0.3) is 0 Å². The minimum atomic E-state index is -0.576. The van der Waals surface area contributed by atoms with E-state index < -0.39 is 5.54 Å². The number of aryl methyl sites for hydroxylation is 1. The minimum absolute atomic E-state index is 0.0703. The number of rotatable bonds is 3. The Balaban J connectivity index is 2.06. The third-order valence-corrected chi connectivity index (χ3v) is 4.72. The fourth-order valence-electron chi connectivity index (χ4n) is 3.78. The molecule has 1 aromatic carbocycles. The predicted octanol–water partition coefficient (Wildman–Crippen LogP) is 1.69. The van der Waals surface area contributed by atoms with Crippen LogP contribution in [0.3, 0.4) is 0 Å². The Morgan fingerprint density at radius 2 is 2.10 bits per heavy atom. The van der Waals surface area contributed by atoms with Gasteiger partial charge in [-0.2, -0.15) is 0 Å². The zero-order valence-corrected chi connectivity index (χ0v) is 12.7. The van der Waals surface area contributed by atoms with E-state index in [4.69, 9.17) is 4.74 Å². The number of nitrogens with zero attached hydrogens (tertiary/aromatic N) is 1. The van der Waals surface area contributed by atoms with Crippen LogP contribution in [-0.4, -0.2) is 43.7 Å². The second kappa shape index (κ2) is 6.16. The van der Waals surface area contributed by atoms with E-state index in [2.05, 4.69) is 28.4 Å². The summed E-state index contributed by atoms with van der Waals surface area (Å²) in [6, 6.07) is 8.39. The molecule has 1 aliphatic carbocycles. The summed E-state index contributed by atoms with van der Waals surface area (Å²) < 4.78 is 5.49. The Bertz CT molecular complexity index is 511. The van der Waals surface area contributed by atoms with Crippen molar-refractivity contribution in [1.82, 2.24) is 10.2 Å². The second-order valence-corrected chi connectivity index (χ2v) is 5.83. The Morgan fingerprint density at radius 1 is 1.33 bits per heavy atom. The van der Waals surface area contributed by atoms with E-state index >= 15 is 0 Å². The molecule has 1 fully saturated rings. The summed E-state index contributed by atoms with van der Waals surface area (Å²) in [4.78, 5) is 15.2. The normalized spacial score (nSPS) is 26.1. The fourth-order valence-corrected chi connectivity index (χ4v) is 3.78. The summed E-state index contributed by atoms with van der Waals surface area (Å²) in [7, 11) is 0. The van der Waals surface area contributed by atoms with Crippen LogP contribution in [0.1, 0.15) is 30.9 Å². The zero-order chi connectivity index (χ0) is 14.7. The molecule has 0 amide bonds. The van der Waals surface area contributed by atoms with Crippen molar-refractivity contribution in [2.24, 2.45) is 0 Å². The smallest absolute Gasteiger partial charge is 0.331 e. The molecule has 1 aliphatic heterocycles. The van der Waals surface area contributed by atoms with Crippen molar-refractivity contribution in [3.05, 3.63) is 35.4 Å². The molecule has 3 rings (SSSR count). The van der Waals surface area contributed by atoms with E-state index in [9.17, 15) is 4.79 Å². The highest BCUT2D eigenvalue weighted by Crippen LogP contribution is 2.41. The molecule has 1 saturated heterocycles. The van der Waals surface area contributed by atoms with Crippen LogP contribution < -0.4 is 5.32 Å². The molecule has 21 heavy (non-hydrogen) atoms. The maximum atomic E-state index is 12.9. The van der Waals surface area contributed by atoms with Crippen LogP contribution in [0.4, 0.5) is 0 Å². The lowest BCUT2D eigenvalue weighted by molar-refractivity contribution is -0.161. The van der Waals surface area contributed by atoms with Crippen LogP contribution in [0.5, 0.6) is 0 Å². The number of piperazine rings is 1. The number of fused-ring (bicyclic) bond motifs is 1. The topological polar surface area (TPSA) is 41.6 Å². The van der Waals surface area contributed by atoms with Crippen LogP contribution in [0.2, 0.25) is 0 Å². The van der Waals surface area contributed by atoms with Gasteiger partial charge in [0.05, 0.1) is 6.61 Å². The number of carbonyl (C=O) groups excluding carboxylic acids is 1. The molecule has 1 aromatic rings. The Labute approximate surface area is 126 Å². The van der Waals surface area contributed by atoms with E-state index in [0.717, 1.165) is 51.0 Å². The summed E-state index contributed by atoms with van der Waals surface area (Å²) >= 11 is 0. The summed E-state index contributed by atoms with van der Waals surface area (Å²) in [6.07, 6.45) is 2.96. The molecule has 1 unspecified atom stereocenters. The Hall–Kier alpha value is -1.39. The lowest BCUT2D eigenvalue weighted by Gasteiger charge is -2.46. The number of nitrogens with one attached hydrogen (secondary N) is 1. The molecule has 2 aliphatic rings. The molecule has 0 bridgehead atoms. The first-order valence-electron chi connectivity index (χ1n) is 8.00. The number of benzene rings is 1. The third-order valence-electron chi connectivity index (χ3n) is 4.72. The van der Waals surface area contributed by atoms with E-state index in [1.54, 1.807) is 0 Å². The summed E-state index contributed by atoms with van der Waals surface area (Å²) in [5.41, 5.74) is 1.89. The van der Waals surface area contributed by atoms with Gasteiger partial charge in [-0.25, -0.2) is 4.79 Å². The van der Waals surface area contributed by atoms with Gasteiger partial charge in [0.15, 0.2) is 0 Å². The minimum Gasteiger partial charge on any atom is -0.464 e. The van der Waals surface area contributed by atoms with Gasteiger partial charge >= 0.3 is 5.97 Å². The number of ether oxygens (including phenoxy) is 1. The highest BCUT2D eigenvalue weighted by Gasteiger charge is 2.49. The van der Waals surface area contributed by atoms with Crippen molar-refractivity contribution in [3.8, 4) is 0 Å². The molecular weight excluding hydrogens is 264 g/mol. The number of hydrogen-bond donors (Lipinski definition) is 1. The van der Waals surface area contributed by atoms with Crippen molar-refractivity contribution in [3.63, 3.8) is 0 Å². The van der Waals surface area contributed by atoms with Gasteiger partial charge in [-0.3, -0.25) is 4.90 Å². The van der Waals surface area contributed by atoms with Gasteiger partial charge < -0.3 is 10.1 Å². The lowest BCUT2D eigenvalue weighted by atomic mass is 9.75. The molecule has 4 heteroatoms. The molecule has 1 heterocycles. The summed E-state index contributed by atoms with van der Waals surface area (Å²) in [5, 5.41) is 3.37. The quantitative estimate of drug-likeness (QED) is 0.859.